The topological polar surface area (TPSA) is 59.0 Å². The van der Waals surface area contributed by atoms with Crippen molar-refractivity contribution in [2.75, 3.05) is 24.1 Å². The Kier molecular flexibility index (Phi) is 7.20. The van der Waals surface area contributed by atoms with E-state index in [1.54, 1.807) is 11.9 Å². The fourth-order valence-corrected chi connectivity index (χ4v) is 5.23. The van der Waals surface area contributed by atoms with Gasteiger partial charge in [0.25, 0.3) is 0 Å². The average Bonchev–Trinajstić information content (AvgIpc) is 2.81. The molecule has 0 bridgehead atoms. The highest BCUT2D eigenvalue weighted by Gasteiger charge is 2.30. The Morgan fingerprint density at radius 1 is 1.19 bits per heavy atom. The maximum atomic E-state index is 12.6. The largest absolute Gasteiger partial charge is 0.493 e. The van der Waals surface area contributed by atoms with Crippen molar-refractivity contribution in [3.05, 3.63) is 53.1 Å². The van der Waals surface area contributed by atoms with Gasteiger partial charge in [0.05, 0.1) is 18.9 Å². The van der Waals surface area contributed by atoms with Crippen LogP contribution in [0.25, 0.3) is 0 Å². The SMILES string of the molecule is CCc1ccc2c(c1)C(=O)CC(C)N2Sc1ccc(OCC2CCOCC2)c(CO)c1. The van der Waals surface area contributed by atoms with Crippen molar-refractivity contribution >= 4 is 23.4 Å². The van der Waals surface area contributed by atoms with Crippen LogP contribution in [0.2, 0.25) is 0 Å². The van der Waals surface area contributed by atoms with E-state index in [9.17, 15) is 9.90 Å². The number of fused-ring (bicyclic) bond motifs is 1. The molecule has 1 unspecified atom stereocenters. The molecule has 0 saturated carbocycles. The first-order valence-corrected chi connectivity index (χ1v) is 11.9. The van der Waals surface area contributed by atoms with Crippen LogP contribution in [0.1, 0.15) is 54.6 Å². The first-order valence-electron chi connectivity index (χ1n) is 11.2. The van der Waals surface area contributed by atoms with E-state index >= 15 is 0 Å². The second kappa shape index (κ2) is 10.1. The number of aliphatic hydroxyl groups is 1. The number of hydrogen-bond donors (Lipinski definition) is 1. The Morgan fingerprint density at radius 3 is 2.74 bits per heavy atom. The van der Waals surface area contributed by atoms with Gasteiger partial charge < -0.3 is 18.9 Å². The number of carbonyl (C=O) groups is 1. The number of anilines is 1. The predicted octanol–water partition coefficient (Wildman–Crippen LogP) is 5.04. The highest BCUT2D eigenvalue weighted by atomic mass is 32.2. The zero-order valence-corrected chi connectivity index (χ0v) is 19.1. The summed E-state index contributed by atoms with van der Waals surface area (Å²) in [4.78, 5) is 13.6. The Morgan fingerprint density at radius 2 is 2.00 bits per heavy atom. The molecule has 0 spiro atoms. The van der Waals surface area contributed by atoms with Crippen molar-refractivity contribution in [1.29, 1.82) is 0 Å². The summed E-state index contributed by atoms with van der Waals surface area (Å²) in [5.74, 6) is 1.46. The molecule has 2 heterocycles. The molecular formula is C25H31NO4S. The lowest BCUT2D eigenvalue weighted by molar-refractivity contribution is 0.0494. The van der Waals surface area contributed by atoms with Crippen molar-refractivity contribution in [3.8, 4) is 5.75 Å². The molecule has 2 aliphatic rings. The lowest BCUT2D eigenvalue weighted by atomic mass is 9.95. The molecule has 4 rings (SSSR count). The van der Waals surface area contributed by atoms with Gasteiger partial charge in [-0.2, -0.15) is 0 Å². The number of ether oxygens (including phenoxy) is 2. The minimum absolute atomic E-state index is 0.0675. The number of aryl methyl sites for hydroxylation is 1. The summed E-state index contributed by atoms with van der Waals surface area (Å²) in [7, 11) is 0. The average molecular weight is 442 g/mol. The first-order chi connectivity index (χ1) is 15.1. The molecule has 166 valence electrons. The minimum atomic E-state index is -0.0675. The molecule has 2 aliphatic heterocycles. The van der Waals surface area contributed by atoms with Gasteiger partial charge in [-0.05, 0) is 79.9 Å². The summed E-state index contributed by atoms with van der Waals surface area (Å²) in [5, 5.41) is 9.92. The van der Waals surface area contributed by atoms with Crippen LogP contribution in [-0.2, 0) is 17.8 Å². The third kappa shape index (κ3) is 5.08. The molecule has 0 amide bonds. The van der Waals surface area contributed by atoms with E-state index in [4.69, 9.17) is 9.47 Å². The van der Waals surface area contributed by atoms with Crippen LogP contribution in [-0.4, -0.2) is 36.8 Å². The van der Waals surface area contributed by atoms with Crippen molar-refractivity contribution in [1.82, 2.24) is 0 Å². The van der Waals surface area contributed by atoms with Gasteiger partial charge in [-0.1, -0.05) is 13.0 Å². The number of ketones is 1. The third-order valence-electron chi connectivity index (χ3n) is 6.11. The van der Waals surface area contributed by atoms with E-state index in [2.05, 4.69) is 30.3 Å². The van der Waals surface area contributed by atoms with Gasteiger partial charge in [-0.15, -0.1) is 0 Å². The van der Waals surface area contributed by atoms with Gasteiger partial charge in [-0.25, -0.2) is 0 Å². The number of benzene rings is 2. The van der Waals surface area contributed by atoms with Crippen LogP contribution in [0.5, 0.6) is 5.75 Å². The van der Waals surface area contributed by atoms with Gasteiger partial charge in [0.1, 0.15) is 5.75 Å². The third-order valence-corrected chi connectivity index (χ3v) is 7.33. The molecule has 0 aromatic heterocycles. The number of aliphatic hydroxyl groups excluding tert-OH is 1. The monoisotopic (exact) mass is 441 g/mol. The smallest absolute Gasteiger partial charge is 0.167 e. The van der Waals surface area contributed by atoms with E-state index in [1.165, 1.54) is 5.56 Å². The standard InChI is InChI=1S/C25H31NO4S/c1-3-18-4-6-23-22(13-18)24(28)12-17(2)26(23)31-21-5-7-25(20(14-21)15-27)30-16-19-8-10-29-11-9-19/h4-7,13-14,17,19,27H,3,8-12,15-16H2,1-2H3. The van der Waals surface area contributed by atoms with E-state index in [0.29, 0.717) is 18.9 Å². The highest BCUT2D eigenvalue weighted by Crippen LogP contribution is 2.40. The van der Waals surface area contributed by atoms with Crippen LogP contribution < -0.4 is 9.04 Å². The molecule has 1 atom stereocenters. The lowest BCUT2D eigenvalue weighted by Gasteiger charge is -2.35. The summed E-state index contributed by atoms with van der Waals surface area (Å²) in [6.45, 7) is 6.37. The van der Waals surface area contributed by atoms with Crippen LogP contribution in [0.3, 0.4) is 0 Å². The molecule has 5 nitrogen and oxygen atoms in total. The molecule has 1 fully saturated rings. The van der Waals surface area contributed by atoms with E-state index in [-0.39, 0.29) is 18.4 Å². The number of rotatable bonds is 7. The second-order valence-corrected chi connectivity index (χ2v) is 9.44. The summed E-state index contributed by atoms with van der Waals surface area (Å²) in [5.41, 5.74) is 3.75. The van der Waals surface area contributed by atoms with Gasteiger partial charge in [0.2, 0.25) is 0 Å². The maximum Gasteiger partial charge on any atom is 0.167 e. The molecule has 0 radical (unpaired) electrons. The second-order valence-electron chi connectivity index (χ2n) is 8.39. The first kappa shape index (κ1) is 22.2. The zero-order chi connectivity index (χ0) is 21.8. The number of Topliss-reactive ketones (excluding diaryl/α,β-unsaturated/α-hetero) is 1. The number of nitrogens with zero attached hydrogens (tertiary/aromatic N) is 1. The van der Waals surface area contributed by atoms with Crippen molar-refractivity contribution in [2.24, 2.45) is 5.92 Å². The summed E-state index contributed by atoms with van der Waals surface area (Å²) in [6, 6.07) is 12.3. The van der Waals surface area contributed by atoms with E-state index < -0.39 is 0 Å². The number of carbonyl (C=O) groups excluding carboxylic acids is 1. The summed E-state index contributed by atoms with van der Waals surface area (Å²) in [6.07, 6.45) is 3.46. The van der Waals surface area contributed by atoms with Crippen molar-refractivity contribution in [2.45, 2.75) is 57.1 Å². The fraction of sp³-hybridized carbons (Fsp3) is 0.480. The normalized spacial score (nSPS) is 19.4. The molecule has 31 heavy (non-hydrogen) atoms. The van der Waals surface area contributed by atoms with Crippen LogP contribution in [0, 0.1) is 5.92 Å². The van der Waals surface area contributed by atoms with Crippen molar-refractivity contribution in [3.63, 3.8) is 0 Å². The Balaban J connectivity index is 1.51. The molecule has 2 aromatic carbocycles. The number of hydrogen-bond acceptors (Lipinski definition) is 6. The maximum absolute atomic E-state index is 12.6. The van der Waals surface area contributed by atoms with Crippen LogP contribution in [0.15, 0.2) is 41.3 Å². The quantitative estimate of drug-likeness (QED) is 0.608. The Hall–Kier alpha value is -2.02. The Labute approximate surface area is 188 Å². The molecule has 6 heteroatoms. The molecule has 1 saturated heterocycles. The lowest BCUT2D eigenvalue weighted by Crippen LogP contribution is -2.34. The van der Waals surface area contributed by atoms with Gasteiger partial charge in [0, 0.05) is 41.7 Å². The zero-order valence-electron chi connectivity index (χ0n) is 18.3. The van der Waals surface area contributed by atoms with Crippen LogP contribution in [0.4, 0.5) is 5.69 Å². The predicted molar refractivity (Wildman–Crippen MR) is 124 cm³/mol. The molecule has 0 aliphatic carbocycles. The molecular weight excluding hydrogens is 410 g/mol. The van der Waals surface area contributed by atoms with Crippen LogP contribution >= 0.6 is 11.9 Å². The summed E-state index contributed by atoms with van der Waals surface area (Å²) < 4.78 is 13.7. The van der Waals surface area contributed by atoms with E-state index in [1.807, 2.05) is 24.3 Å². The Bertz CT molecular complexity index is 926. The minimum Gasteiger partial charge on any atom is -0.493 e. The van der Waals surface area contributed by atoms with Gasteiger partial charge in [0.15, 0.2) is 5.78 Å². The molecule has 2 aromatic rings. The van der Waals surface area contributed by atoms with Gasteiger partial charge in [-0.3, -0.25) is 4.79 Å². The van der Waals surface area contributed by atoms with Gasteiger partial charge >= 0.3 is 0 Å². The molecule has 1 N–H and O–H groups in total. The summed E-state index contributed by atoms with van der Waals surface area (Å²) >= 11 is 1.61. The van der Waals surface area contributed by atoms with Crippen molar-refractivity contribution < 1.29 is 19.4 Å². The fourth-order valence-electron chi connectivity index (χ4n) is 4.17. The highest BCUT2D eigenvalue weighted by molar-refractivity contribution is 8.00. The van der Waals surface area contributed by atoms with E-state index in [0.717, 1.165) is 59.9 Å².